The van der Waals surface area contributed by atoms with Crippen LogP contribution in [0.3, 0.4) is 0 Å². The molecule has 0 aliphatic heterocycles. The van der Waals surface area contributed by atoms with Crippen LogP contribution in [-0.4, -0.2) is 50.4 Å². The summed E-state index contributed by atoms with van der Waals surface area (Å²) in [5.74, 6) is -0.586. The average molecular weight is 741 g/mol. The maximum absolute atomic E-state index is 14.7. The highest BCUT2D eigenvalue weighted by Gasteiger charge is 2.36. The molecule has 8 nitrogen and oxygen atoms in total. The van der Waals surface area contributed by atoms with Crippen LogP contribution in [0.15, 0.2) is 112 Å². The molecule has 0 bridgehead atoms. The van der Waals surface area contributed by atoms with Gasteiger partial charge in [0.05, 0.1) is 17.2 Å². The zero-order valence-corrected chi connectivity index (χ0v) is 29.8. The molecule has 0 unspecified atom stereocenters. The number of sulfonamides is 1. The highest BCUT2D eigenvalue weighted by Crippen LogP contribution is 2.33. The molecule has 248 valence electrons. The molecule has 0 aliphatic rings. The smallest absolute Gasteiger partial charge is 0.264 e. The Labute approximate surface area is 290 Å². The molecule has 11 heteroatoms. The van der Waals surface area contributed by atoms with E-state index in [-0.39, 0.29) is 42.1 Å². The summed E-state index contributed by atoms with van der Waals surface area (Å²) in [7, 11) is -4.31. The number of amides is 2. The summed E-state index contributed by atoms with van der Waals surface area (Å²) in [6, 6.07) is 28.3. The third kappa shape index (κ3) is 9.59. The number of rotatable bonds is 15. The Morgan fingerprint density at radius 1 is 0.894 bits per heavy atom. The molecule has 4 aromatic carbocycles. The first kappa shape index (κ1) is 36.0. The van der Waals surface area contributed by atoms with Crippen LogP contribution in [0.5, 0.6) is 5.75 Å². The average Bonchev–Trinajstić information content (AvgIpc) is 3.06. The Morgan fingerprint density at radius 3 is 2.21 bits per heavy atom. The van der Waals surface area contributed by atoms with Gasteiger partial charge < -0.3 is 15.0 Å². The number of hydrogen-bond acceptors (Lipinski definition) is 5. The Bertz CT molecular complexity index is 1760. The van der Waals surface area contributed by atoms with Gasteiger partial charge in [-0.25, -0.2) is 8.42 Å². The largest absolute Gasteiger partial charge is 0.492 e. The van der Waals surface area contributed by atoms with E-state index in [0.29, 0.717) is 17.2 Å². The first-order valence-electron chi connectivity index (χ1n) is 15.4. The third-order valence-electron chi connectivity index (χ3n) is 7.63. The van der Waals surface area contributed by atoms with Crippen molar-refractivity contribution in [3.63, 3.8) is 0 Å². The second-order valence-electron chi connectivity index (χ2n) is 11.0. The maximum atomic E-state index is 14.7. The number of carbonyl (C=O) groups excluding carboxylic acids is 2. The molecule has 0 aromatic heterocycles. The van der Waals surface area contributed by atoms with Crippen molar-refractivity contribution in [2.75, 3.05) is 17.5 Å². The number of carbonyl (C=O) groups is 2. The molecule has 0 heterocycles. The van der Waals surface area contributed by atoms with Crippen molar-refractivity contribution in [2.45, 2.75) is 57.1 Å². The van der Waals surface area contributed by atoms with E-state index in [1.54, 1.807) is 31.2 Å². The van der Waals surface area contributed by atoms with Crippen molar-refractivity contribution in [3.8, 4) is 5.75 Å². The van der Waals surface area contributed by atoms with Gasteiger partial charge in [0.15, 0.2) is 0 Å². The summed E-state index contributed by atoms with van der Waals surface area (Å²) in [5, 5.41) is 3.42. The van der Waals surface area contributed by atoms with Crippen molar-refractivity contribution >= 4 is 55.1 Å². The minimum atomic E-state index is -4.31. The van der Waals surface area contributed by atoms with Gasteiger partial charge in [0.25, 0.3) is 10.0 Å². The van der Waals surface area contributed by atoms with Gasteiger partial charge in [-0.3, -0.25) is 13.9 Å². The molecule has 0 saturated heterocycles. The molecule has 4 rings (SSSR count). The number of nitrogens with one attached hydrogen (secondary N) is 1. The first-order valence-corrected chi connectivity index (χ1v) is 18.0. The number of nitrogens with zero attached hydrogens (tertiary/aromatic N) is 2. The summed E-state index contributed by atoms with van der Waals surface area (Å²) in [5.41, 5.74) is 1.82. The van der Waals surface area contributed by atoms with Gasteiger partial charge in [-0.05, 0) is 79.9 Å². The number of benzene rings is 4. The molecule has 4 aromatic rings. The van der Waals surface area contributed by atoms with Gasteiger partial charge in [-0.1, -0.05) is 89.1 Å². The summed E-state index contributed by atoms with van der Waals surface area (Å²) < 4.78 is 36.3. The quantitative estimate of drug-likeness (QED) is 0.139. The molecule has 47 heavy (non-hydrogen) atoms. The van der Waals surface area contributed by atoms with Crippen molar-refractivity contribution in [1.82, 2.24) is 10.2 Å². The summed E-state index contributed by atoms with van der Waals surface area (Å²) in [6.45, 7) is 5.42. The minimum absolute atomic E-state index is 0.0464. The fraction of sp³-hybridized carbons (Fsp3) is 0.278. The zero-order chi connectivity index (χ0) is 34.0. The van der Waals surface area contributed by atoms with Crippen molar-refractivity contribution in [2.24, 2.45) is 0 Å². The molecule has 0 saturated carbocycles. The Morgan fingerprint density at radius 2 is 1.55 bits per heavy atom. The van der Waals surface area contributed by atoms with Crippen LogP contribution in [0.2, 0.25) is 5.02 Å². The minimum Gasteiger partial charge on any atom is -0.492 e. The molecule has 0 aliphatic carbocycles. The van der Waals surface area contributed by atoms with Gasteiger partial charge in [-0.15, -0.1) is 0 Å². The highest BCUT2D eigenvalue weighted by molar-refractivity contribution is 9.10. The number of halogens is 2. The summed E-state index contributed by atoms with van der Waals surface area (Å²) in [4.78, 5) is 30.1. The SMILES string of the molecule is CCOc1ccccc1N(CC(=O)N(Cc1cccc(Br)c1)[C@H](Cc1ccccc1)C(=O)N[C@@H](C)CC)S(=O)(=O)c1ccc(Cl)cc1. The number of ether oxygens (including phenoxy) is 1. The molecule has 0 spiro atoms. The molecule has 2 amide bonds. The van der Waals surface area contributed by atoms with Crippen LogP contribution in [0.25, 0.3) is 0 Å². The van der Waals surface area contributed by atoms with Crippen LogP contribution in [0, 0.1) is 0 Å². The van der Waals surface area contributed by atoms with E-state index >= 15 is 0 Å². The topological polar surface area (TPSA) is 96.0 Å². The van der Waals surface area contributed by atoms with E-state index in [1.807, 2.05) is 68.4 Å². The lowest BCUT2D eigenvalue weighted by molar-refractivity contribution is -0.140. The van der Waals surface area contributed by atoms with Crippen molar-refractivity contribution in [1.29, 1.82) is 0 Å². The van der Waals surface area contributed by atoms with E-state index < -0.39 is 28.5 Å². The lowest BCUT2D eigenvalue weighted by Crippen LogP contribution is -2.54. The van der Waals surface area contributed by atoms with Crippen LogP contribution >= 0.6 is 27.5 Å². The van der Waals surface area contributed by atoms with Crippen LogP contribution in [0.1, 0.15) is 38.3 Å². The zero-order valence-electron chi connectivity index (χ0n) is 26.6. The standard InChI is InChI=1S/C36H39BrClN3O5S/c1-4-26(3)39-36(43)33(23-27-12-7-6-8-13-27)40(24-28-14-11-15-29(37)22-28)35(42)25-41(32-16-9-10-17-34(32)46-5-2)47(44,45)31-20-18-30(38)19-21-31/h6-22,26,33H,4-5,23-25H2,1-3H3,(H,39,43)/t26-,33+/m0/s1. The summed E-state index contributed by atoms with van der Waals surface area (Å²) in [6.07, 6.45) is 0.924. The van der Waals surface area contributed by atoms with Crippen LogP contribution < -0.4 is 14.4 Å². The normalized spacial score (nSPS) is 12.5. The lowest BCUT2D eigenvalue weighted by atomic mass is 10.0. The molecule has 2 atom stereocenters. The predicted octanol–water partition coefficient (Wildman–Crippen LogP) is 7.25. The van der Waals surface area contributed by atoms with Crippen molar-refractivity contribution < 1.29 is 22.7 Å². The van der Waals surface area contributed by atoms with E-state index in [9.17, 15) is 18.0 Å². The van der Waals surface area contributed by atoms with E-state index in [2.05, 4.69) is 21.2 Å². The molecule has 0 fully saturated rings. The fourth-order valence-corrected chi connectivity index (χ4v) is 7.01. The van der Waals surface area contributed by atoms with Gasteiger partial charge in [0.1, 0.15) is 18.3 Å². The van der Waals surface area contributed by atoms with E-state index in [1.165, 1.54) is 29.2 Å². The first-order chi connectivity index (χ1) is 22.5. The molecule has 0 radical (unpaired) electrons. The van der Waals surface area contributed by atoms with Crippen molar-refractivity contribution in [3.05, 3.63) is 124 Å². The van der Waals surface area contributed by atoms with Crippen LogP contribution in [0.4, 0.5) is 5.69 Å². The maximum Gasteiger partial charge on any atom is 0.264 e. The predicted molar refractivity (Wildman–Crippen MR) is 190 cm³/mol. The fourth-order valence-electron chi connectivity index (χ4n) is 5.01. The Hall–Kier alpha value is -3.86. The number of para-hydroxylation sites is 2. The lowest BCUT2D eigenvalue weighted by Gasteiger charge is -2.34. The molecule has 1 N–H and O–H groups in total. The number of hydrogen-bond donors (Lipinski definition) is 1. The second-order valence-corrected chi connectivity index (χ2v) is 14.3. The number of anilines is 1. The van der Waals surface area contributed by atoms with Gasteiger partial charge >= 0.3 is 0 Å². The van der Waals surface area contributed by atoms with Gasteiger partial charge in [-0.2, -0.15) is 0 Å². The van der Waals surface area contributed by atoms with E-state index in [0.717, 1.165) is 19.9 Å². The second kappa shape index (κ2) is 16.8. The van der Waals surface area contributed by atoms with Gasteiger partial charge in [0.2, 0.25) is 11.8 Å². The molecular formula is C36H39BrClN3O5S. The summed E-state index contributed by atoms with van der Waals surface area (Å²) >= 11 is 9.59. The van der Waals surface area contributed by atoms with Gasteiger partial charge in [0, 0.05) is 28.5 Å². The monoisotopic (exact) mass is 739 g/mol. The third-order valence-corrected chi connectivity index (χ3v) is 10.1. The Balaban J connectivity index is 1.84. The molecular weight excluding hydrogens is 702 g/mol. The van der Waals surface area contributed by atoms with Crippen LogP contribution in [-0.2, 0) is 32.6 Å². The highest BCUT2D eigenvalue weighted by atomic mass is 79.9. The van der Waals surface area contributed by atoms with E-state index in [4.69, 9.17) is 16.3 Å². The Kier molecular flexibility index (Phi) is 12.9.